The minimum atomic E-state index is -4.46. The molecule has 81 heavy (non-hydrogen) atoms. The number of rotatable bonds is 60. The highest BCUT2D eigenvalue weighted by atomic mass is 31.2. The predicted molar refractivity (Wildman–Crippen MR) is 350 cm³/mol. The number of nitrogens with one attached hydrogen (secondary N) is 1. The molecule has 3 atom stereocenters. The van der Waals surface area contributed by atoms with E-state index >= 15 is 0 Å². The Bertz CT molecular complexity index is 1710. The van der Waals surface area contributed by atoms with Crippen molar-refractivity contribution in [1.82, 2.24) is 5.32 Å². The molecule has 0 fully saturated rings. The van der Waals surface area contributed by atoms with Gasteiger partial charge in [0.1, 0.15) is 19.3 Å². The Morgan fingerprint density at radius 2 is 0.753 bits per heavy atom. The number of phosphoric acid groups is 1. The van der Waals surface area contributed by atoms with Gasteiger partial charge in [0.05, 0.1) is 33.8 Å². The highest BCUT2D eigenvalue weighted by Gasteiger charge is 2.30. The average molecular weight is 1150 g/mol. The molecule has 3 unspecified atom stereocenters. The Kier molecular flexibility index (Phi) is 57.8. The van der Waals surface area contributed by atoms with Gasteiger partial charge in [-0.2, -0.15) is 0 Å². The van der Waals surface area contributed by atoms with E-state index in [0.29, 0.717) is 17.4 Å². The molecule has 0 radical (unpaired) electrons. The summed E-state index contributed by atoms with van der Waals surface area (Å²) in [5, 5.41) is 3.06. The van der Waals surface area contributed by atoms with E-state index in [9.17, 15) is 19.0 Å². The number of quaternary nitrogens is 1. The van der Waals surface area contributed by atoms with Crippen LogP contribution >= 0.6 is 7.82 Å². The van der Waals surface area contributed by atoms with Crippen LogP contribution in [0.5, 0.6) is 0 Å². The van der Waals surface area contributed by atoms with Gasteiger partial charge < -0.3 is 19.4 Å². The second-order valence-electron chi connectivity index (χ2n) is 23.6. The first-order valence-electron chi connectivity index (χ1n) is 33.6. The number of amides is 1. The minimum absolute atomic E-state index is 0.0313. The van der Waals surface area contributed by atoms with Crippen molar-refractivity contribution in [2.24, 2.45) is 0 Å². The standard InChI is InChI=1S/C71H127N2O7P/c1-7-10-13-16-19-22-25-28-30-32-34-35-36-37-39-40-42-45-48-51-54-57-60-63-70(74)72-68(67-79-81(76,77)78-66-65-73(4,5)6)69(62-59-56-53-50-47-44-27-24-21-18-15-12-9-3)80-71(75)64-61-58-55-52-49-46-43-41-38-33-31-29-26-23-20-17-14-11-8-2/h19-20,22-23,28-31,34-35,37-39,41,59,62,68-69H,7-18,21,24-27,32-33,36,40,42-58,60-61,63-67H2,1-6H3,(H-,72,74,76,77)/p+1/b22-19-,23-20-,30-28-,31-29-,35-34-,39-37-,41-38-,62-59-. The van der Waals surface area contributed by atoms with Gasteiger partial charge in [-0.15, -0.1) is 0 Å². The van der Waals surface area contributed by atoms with Crippen LogP contribution in [0.4, 0.5) is 0 Å². The minimum Gasteiger partial charge on any atom is -0.456 e. The van der Waals surface area contributed by atoms with Crippen molar-refractivity contribution in [3.8, 4) is 0 Å². The molecule has 0 bridgehead atoms. The van der Waals surface area contributed by atoms with Gasteiger partial charge >= 0.3 is 13.8 Å². The predicted octanol–water partition coefficient (Wildman–Crippen LogP) is 21.1. The third-order valence-corrected chi connectivity index (χ3v) is 15.5. The van der Waals surface area contributed by atoms with Gasteiger partial charge in [0.25, 0.3) is 0 Å². The largest absolute Gasteiger partial charge is 0.472 e. The molecule has 0 aliphatic carbocycles. The second kappa shape index (κ2) is 60.1. The van der Waals surface area contributed by atoms with Crippen LogP contribution in [-0.2, 0) is 27.9 Å². The monoisotopic (exact) mass is 1150 g/mol. The lowest BCUT2D eigenvalue weighted by molar-refractivity contribution is -0.870. The normalized spacial score (nSPS) is 14.2. The fourth-order valence-corrected chi connectivity index (χ4v) is 10.0. The molecule has 0 saturated heterocycles. The maximum atomic E-state index is 13.6. The number of likely N-dealkylation sites (N-methyl/N-ethyl adjacent to an activating group) is 1. The van der Waals surface area contributed by atoms with E-state index in [4.69, 9.17) is 13.8 Å². The highest BCUT2D eigenvalue weighted by Crippen LogP contribution is 2.43. The molecule has 9 nitrogen and oxygen atoms in total. The Morgan fingerprint density at radius 3 is 1.15 bits per heavy atom. The zero-order valence-corrected chi connectivity index (χ0v) is 54.4. The summed E-state index contributed by atoms with van der Waals surface area (Å²) in [6.07, 6.45) is 81.1. The van der Waals surface area contributed by atoms with E-state index < -0.39 is 20.0 Å². The Balaban J connectivity index is 5.25. The van der Waals surface area contributed by atoms with Gasteiger partial charge in [0, 0.05) is 12.8 Å². The first-order chi connectivity index (χ1) is 39.4. The number of allylic oxidation sites excluding steroid dienone is 15. The van der Waals surface area contributed by atoms with Crippen LogP contribution in [0.3, 0.4) is 0 Å². The Labute approximate surface area is 500 Å². The zero-order valence-electron chi connectivity index (χ0n) is 53.5. The van der Waals surface area contributed by atoms with Crippen LogP contribution in [-0.4, -0.2) is 74.3 Å². The number of esters is 1. The number of nitrogens with zero attached hydrogens (tertiary/aromatic N) is 1. The van der Waals surface area contributed by atoms with E-state index in [1.807, 2.05) is 33.3 Å². The van der Waals surface area contributed by atoms with E-state index in [0.717, 1.165) is 116 Å². The van der Waals surface area contributed by atoms with Crippen LogP contribution in [0.2, 0.25) is 0 Å². The molecule has 0 aliphatic rings. The summed E-state index contributed by atoms with van der Waals surface area (Å²) in [4.78, 5) is 37.8. The number of hydrogen-bond donors (Lipinski definition) is 2. The lowest BCUT2D eigenvalue weighted by atomic mass is 10.0. The molecule has 0 aromatic rings. The molecule has 2 N–H and O–H groups in total. The van der Waals surface area contributed by atoms with E-state index in [1.54, 1.807) is 0 Å². The molecule has 468 valence electrons. The summed E-state index contributed by atoms with van der Waals surface area (Å²) in [6.45, 7) is 6.95. The van der Waals surface area contributed by atoms with Crippen LogP contribution in [0.15, 0.2) is 97.2 Å². The number of unbranched alkanes of at least 4 members (excludes halogenated alkanes) is 30. The first kappa shape index (κ1) is 77.9. The molecule has 0 heterocycles. The molecular formula is C71H128N2O7P+. The fraction of sp³-hybridized carbons (Fsp3) is 0.746. The molecule has 10 heteroatoms. The van der Waals surface area contributed by atoms with E-state index in [1.165, 1.54) is 141 Å². The number of phosphoric ester groups is 1. The zero-order chi connectivity index (χ0) is 59.3. The molecule has 0 aromatic heterocycles. The summed E-state index contributed by atoms with van der Waals surface area (Å²) in [6, 6.07) is -0.866. The van der Waals surface area contributed by atoms with Crippen molar-refractivity contribution in [3.05, 3.63) is 97.2 Å². The molecule has 0 rings (SSSR count). The summed E-state index contributed by atoms with van der Waals surface area (Å²) in [7, 11) is 1.47. The molecule has 0 aromatic carbocycles. The van der Waals surface area contributed by atoms with Gasteiger partial charge in [-0.25, -0.2) is 4.57 Å². The number of hydrogen-bond acceptors (Lipinski definition) is 6. The van der Waals surface area contributed by atoms with Gasteiger partial charge in [0.15, 0.2) is 0 Å². The summed E-state index contributed by atoms with van der Waals surface area (Å²) in [5.41, 5.74) is 0. The van der Waals surface area contributed by atoms with Gasteiger partial charge in [-0.05, 0) is 115 Å². The Morgan fingerprint density at radius 1 is 0.432 bits per heavy atom. The molecule has 0 saturated carbocycles. The van der Waals surface area contributed by atoms with Crippen LogP contribution in [0.1, 0.15) is 290 Å². The average Bonchev–Trinajstić information content (AvgIpc) is 3.44. The summed E-state index contributed by atoms with van der Waals surface area (Å²) in [5.74, 6) is -0.531. The third-order valence-electron chi connectivity index (χ3n) is 14.5. The SMILES string of the molecule is CCCCC/C=C\C/C=C\C/C=C\C/C=C\CCCCCCCCCC(=O)NC(COP(=O)(O)OCC[N+](C)(C)C)C(/C=C\CCCCCCCCCCCCC)OC(=O)CCCCCCCC/C=C\C/C=C\C/C=C\CCCCC. The van der Waals surface area contributed by atoms with Crippen molar-refractivity contribution in [3.63, 3.8) is 0 Å². The molecule has 0 aliphatic heterocycles. The van der Waals surface area contributed by atoms with Crippen LogP contribution < -0.4 is 5.32 Å². The van der Waals surface area contributed by atoms with E-state index in [-0.39, 0.29) is 31.5 Å². The number of ether oxygens (including phenoxy) is 1. The topological polar surface area (TPSA) is 111 Å². The number of carbonyl (C=O) groups excluding carboxylic acids is 2. The van der Waals surface area contributed by atoms with Crippen molar-refractivity contribution in [2.75, 3.05) is 40.9 Å². The molecular weight excluding hydrogens is 1020 g/mol. The smallest absolute Gasteiger partial charge is 0.456 e. The Hall–Kier alpha value is -3.07. The molecule has 0 spiro atoms. The lowest BCUT2D eigenvalue weighted by Gasteiger charge is -2.27. The maximum absolute atomic E-state index is 13.6. The van der Waals surface area contributed by atoms with Crippen LogP contribution in [0, 0.1) is 0 Å². The fourth-order valence-electron chi connectivity index (χ4n) is 9.28. The van der Waals surface area contributed by atoms with E-state index in [2.05, 4.69) is 111 Å². The quantitative estimate of drug-likeness (QED) is 0.0205. The van der Waals surface area contributed by atoms with Gasteiger partial charge in [0.2, 0.25) is 5.91 Å². The van der Waals surface area contributed by atoms with Crippen LogP contribution in [0.25, 0.3) is 0 Å². The van der Waals surface area contributed by atoms with Crippen molar-refractivity contribution in [1.29, 1.82) is 0 Å². The van der Waals surface area contributed by atoms with Crippen molar-refractivity contribution < 1.29 is 37.3 Å². The van der Waals surface area contributed by atoms with Crippen molar-refractivity contribution in [2.45, 2.75) is 303 Å². The summed E-state index contributed by atoms with van der Waals surface area (Å²) >= 11 is 0. The second-order valence-corrected chi connectivity index (χ2v) is 25.1. The molecule has 1 amide bonds. The van der Waals surface area contributed by atoms with Crippen molar-refractivity contribution >= 4 is 19.7 Å². The lowest BCUT2D eigenvalue weighted by Crippen LogP contribution is -2.47. The van der Waals surface area contributed by atoms with Gasteiger partial charge in [-0.1, -0.05) is 260 Å². The van der Waals surface area contributed by atoms with Gasteiger partial charge in [-0.3, -0.25) is 18.6 Å². The maximum Gasteiger partial charge on any atom is 0.472 e. The highest BCUT2D eigenvalue weighted by molar-refractivity contribution is 7.47. The summed E-state index contributed by atoms with van der Waals surface area (Å²) < 4.78 is 30.8. The number of carbonyl (C=O) groups is 2. The first-order valence-corrected chi connectivity index (χ1v) is 35.1. The third kappa shape index (κ3) is 61.3.